The van der Waals surface area contributed by atoms with E-state index in [9.17, 15) is 24.5 Å². The van der Waals surface area contributed by atoms with Crippen molar-refractivity contribution in [3.8, 4) is 0 Å². The third-order valence-corrected chi connectivity index (χ3v) is 5.34. The summed E-state index contributed by atoms with van der Waals surface area (Å²) in [7, 11) is 1.62. The van der Waals surface area contributed by atoms with Crippen molar-refractivity contribution in [3.05, 3.63) is 63.0 Å². The van der Waals surface area contributed by atoms with E-state index < -0.39 is 16.7 Å². The minimum absolute atomic E-state index is 0. The van der Waals surface area contributed by atoms with Gasteiger partial charge in [-0.25, -0.2) is 0 Å². The van der Waals surface area contributed by atoms with Gasteiger partial charge in [0.15, 0.2) is 5.96 Å². The first-order valence-corrected chi connectivity index (χ1v) is 10.6. The molecule has 0 saturated carbocycles. The molecular formula is C21H27ClN10O5. The molecule has 0 spiro atoms. The molecule has 3 aromatic rings. The number of anilines is 2. The highest BCUT2D eigenvalue weighted by Crippen LogP contribution is 2.23. The van der Waals surface area contributed by atoms with Crippen molar-refractivity contribution in [2.45, 2.75) is 13.8 Å². The molecule has 15 nitrogen and oxygen atoms in total. The van der Waals surface area contributed by atoms with Crippen molar-refractivity contribution in [2.24, 2.45) is 23.5 Å². The zero-order valence-electron chi connectivity index (χ0n) is 20.2. The number of H-pyrrole nitrogens is 2. The molecule has 9 N–H and O–H groups in total. The molecule has 3 aromatic heterocycles. The number of hydrogen-bond acceptors (Lipinski definition) is 6. The molecule has 0 atom stereocenters. The van der Waals surface area contributed by atoms with Crippen molar-refractivity contribution in [1.82, 2.24) is 19.9 Å². The van der Waals surface area contributed by atoms with E-state index in [1.165, 1.54) is 30.0 Å². The Kier molecular flexibility index (Phi) is 9.04. The third-order valence-electron chi connectivity index (χ3n) is 5.34. The zero-order chi connectivity index (χ0) is 26.6. The number of carbonyl (C=O) groups excluding carboxylic acids is 3. The summed E-state index contributed by atoms with van der Waals surface area (Å²) in [6, 6.07) is 1.46. The second-order valence-corrected chi connectivity index (χ2v) is 7.83. The normalized spacial score (nSPS) is 10.2. The summed E-state index contributed by atoms with van der Waals surface area (Å²) in [4.78, 5) is 57.4. The number of amides is 3. The van der Waals surface area contributed by atoms with E-state index in [2.05, 4.69) is 30.9 Å². The van der Waals surface area contributed by atoms with Gasteiger partial charge in [0.25, 0.3) is 23.4 Å². The Balaban J connectivity index is 0.00000481. The highest BCUT2D eigenvalue weighted by molar-refractivity contribution is 6.08. The fourth-order valence-corrected chi connectivity index (χ4v) is 3.45. The first-order valence-electron chi connectivity index (χ1n) is 10.6. The first kappa shape index (κ1) is 28.4. The van der Waals surface area contributed by atoms with Crippen LogP contribution < -0.4 is 27.4 Å². The second kappa shape index (κ2) is 11.8. The number of nitro groups is 1. The van der Waals surface area contributed by atoms with E-state index in [0.29, 0.717) is 16.9 Å². The Bertz CT molecular complexity index is 1370. The van der Waals surface area contributed by atoms with Gasteiger partial charge in [-0.15, -0.1) is 12.4 Å². The molecule has 37 heavy (non-hydrogen) atoms. The van der Waals surface area contributed by atoms with Gasteiger partial charge in [0, 0.05) is 31.5 Å². The van der Waals surface area contributed by atoms with Crippen LogP contribution >= 0.6 is 12.4 Å². The number of carbonyl (C=O) groups is 3. The minimum atomic E-state index is -0.588. The zero-order valence-corrected chi connectivity index (χ0v) is 21.0. The number of aliphatic imine (C=N–C) groups is 1. The number of nitrogens with zero attached hydrogens (tertiary/aromatic N) is 3. The number of halogens is 1. The number of nitrogens with two attached hydrogens (primary N) is 2. The van der Waals surface area contributed by atoms with Gasteiger partial charge >= 0.3 is 0 Å². The van der Waals surface area contributed by atoms with E-state index in [-0.39, 0.29) is 65.7 Å². The van der Waals surface area contributed by atoms with Gasteiger partial charge in [0.1, 0.15) is 17.1 Å². The summed E-state index contributed by atoms with van der Waals surface area (Å²) >= 11 is 0. The maximum atomic E-state index is 12.9. The number of nitrogens with one attached hydrogen (secondary N) is 5. The van der Waals surface area contributed by atoms with Crippen LogP contribution in [0.15, 0.2) is 29.6 Å². The fraction of sp³-hybridized carbons (Fsp3) is 0.238. The number of guanidine groups is 1. The molecule has 0 aromatic carbocycles. The summed E-state index contributed by atoms with van der Waals surface area (Å²) in [6.07, 6.45) is 4.16. The Morgan fingerprint density at radius 2 is 1.70 bits per heavy atom. The monoisotopic (exact) mass is 534 g/mol. The molecule has 198 valence electrons. The quantitative estimate of drug-likeness (QED) is 0.0694. The van der Waals surface area contributed by atoms with E-state index >= 15 is 0 Å². The highest BCUT2D eigenvalue weighted by Gasteiger charge is 2.22. The maximum Gasteiger partial charge on any atom is 0.290 e. The Hall–Kier alpha value is -4.79. The van der Waals surface area contributed by atoms with Crippen LogP contribution in [-0.4, -0.2) is 56.2 Å². The fourth-order valence-electron chi connectivity index (χ4n) is 3.45. The topological polar surface area (TPSA) is 231 Å². The summed E-state index contributed by atoms with van der Waals surface area (Å²) in [6.45, 7) is 3.59. The average molecular weight is 535 g/mol. The summed E-state index contributed by atoms with van der Waals surface area (Å²) in [5.74, 6) is -1.53. The predicted octanol–water partition coefficient (Wildman–Crippen LogP) is 1.14. The predicted molar refractivity (Wildman–Crippen MR) is 139 cm³/mol. The van der Waals surface area contributed by atoms with Gasteiger partial charge in [-0.05, 0) is 19.9 Å². The Morgan fingerprint density at radius 1 is 1.05 bits per heavy atom. The SMILES string of the molecule is Cc1c(NC(=O)c2cc(NC(=O)c3[nH]cc([N+](=O)[O-])c3C)cn2C)c[nH]c1C(=O)NCCN=C(N)N.Cl. The highest BCUT2D eigenvalue weighted by atomic mass is 35.5. The summed E-state index contributed by atoms with van der Waals surface area (Å²) in [5.41, 5.74) is 12.3. The molecule has 0 saturated heterocycles. The summed E-state index contributed by atoms with van der Waals surface area (Å²) < 4.78 is 1.51. The maximum absolute atomic E-state index is 12.9. The van der Waals surface area contributed by atoms with E-state index in [4.69, 9.17) is 11.5 Å². The lowest BCUT2D eigenvalue weighted by Crippen LogP contribution is -2.29. The number of aromatic nitrogens is 3. The van der Waals surface area contributed by atoms with Crippen molar-refractivity contribution in [1.29, 1.82) is 0 Å². The average Bonchev–Trinajstić information content (AvgIpc) is 3.48. The van der Waals surface area contributed by atoms with E-state index in [1.54, 1.807) is 14.0 Å². The van der Waals surface area contributed by atoms with Crippen LogP contribution in [0.2, 0.25) is 0 Å². The first-order chi connectivity index (χ1) is 17.0. The van der Waals surface area contributed by atoms with Crippen molar-refractivity contribution >= 4 is 53.2 Å². The molecule has 0 aliphatic rings. The van der Waals surface area contributed by atoms with Gasteiger partial charge in [-0.1, -0.05) is 0 Å². The molecule has 0 bridgehead atoms. The molecule has 0 aliphatic carbocycles. The van der Waals surface area contributed by atoms with Crippen LogP contribution in [-0.2, 0) is 7.05 Å². The van der Waals surface area contributed by atoms with Crippen molar-refractivity contribution in [3.63, 3.8) is 0 Å². The molecule has 0 radical (unpaired) electrons. The lowest BCUT2D eigenvalue weighted by atomic mass is 10.2. The van der Waals surface area contributed by atoms with Gasteiger partial charge in [0.05, 0.1) is 34.6 Å². The molecule has 3 amide bonds. The second-order valence-electron chi connectivity index (χ2n) is 7.83. The van der Waals surface area contributed by atoms with E-state index in [1.807, 2.05) is 0 Å². The van der Waals surface area contributed by atoms with Crippen LogP contribution in [0.1, 0.15) is 42.6 Å². The molecule has 0 fully saturated rings. The number of hydrogen-bond donors (Lipinski definition) is 7. The minimum Gasteiger partial charge on any atom is -0.370 e. The van der Waals surface area contributed by atoms with Crippen LogP contribution in [0.5, 0.6) is 0 Å². The number of rotatable bonds is 9. The number of aromatic amines is 2. The van der Waals surface area contributed by atoms with Gasteiger partial charge < -0.3 is 42.0 Å². The molecule has 3 heterocycles. The number of aryl methyl sites for hydroxylation is 1. The molecular weight excluding hydrogens is 508 g/mol. The molecule has 0 unspecified atom stereocenters. The smallest absolute Gasteiger partial charge is 0.290 e. The van der Waals surface area contributed by atoms with Gasteiger partial charge in [-0.3, -0.25) is 29.5 Å². The van der Waals surface area contributed by atoms with Crippen molar-refractivity contribution < 1.29 is 19.3 Å². The van der Waals surface area contributed by atoms with Crippen LogP contribution in [0.4, 0.5) is 17.1 Å². The van der Waals surface area contributed by atoms with Gasteiger partial charge in [-0.2, -0.15) is 0 Å². The Labute approximate surface area is 216 Å². The van der Waals surface area contributed by atoms with Gasteiger partial charge in [0.2, 0.25) is 0 Å². The standard InChI is InChI=1S/C21H26N10O5.ClH/c1-10-13(7-26-16(10)19(33)24-4-5-25-21(22)23)29-18(32)14-6-12(9-30(14)3)28-20(34)17-11(2)15(8-27-17)31(35)36;/h6-9,26-27H,4-5H2,1-3H3,(H,24,33)(H,28,34)(H,29,32)(H4,22,23,25);1H. The Morgan fingerprint density at radius 3 is 2.32 bits per heavy atom. The van der Waals surface area contributed by atoms with Crippen molar-refractivity contribution in [2.75, 3.05) is 23.7 Å². The molecule has 16 heteroatoms. The van der Waals surface area contributed by atoms with Crippen LogP contribution in [0.25, 0.3) is 0 Å². The molecule has 3 rings (SSSR count). The lowest BCUT2D eigenvalue weighted by Gasteiger charge is -2.06. The van der Waals surface area contributed by atoms with Crippen LogP contribution in [0, 0.1) is 24.0 Å². The van der Waals surface area contributed by atoms with Crippen LogP contribution in [0.3, 0.4) is 0 Å². The molecule has 0 aliphatic heterocycles. The largest absolute Gasteiger partial charge is 0.370 e. The third kappa shape index (κ3) is 6.46. The lowest BCUT2D eigenvalue weighted by molar-refractivity contribution is -0.385. The van der Waals surface area contributed by atoms with E-state index in [0.717, 1.165) is 6.20 Å². The summed E-state index contributed by atoms with van der Waals surface area (Å²) in [5, 5.41) is 19.0.